The van der Waals surface area contributed by atoms with Crippen molar-refractivity contribution < 1.29 is 9.21 Å². The molecule has 0 bridgehead atoms. The monoisotopic (exact) mass is 305 g/mol. The molecule has 0 aliphatic carbocycles. The van der Waals surface area contributed by atoms with Gasteiger partial charge >= 0.3 is 0 Å². The Bertz CT molecular complexity index is 634. The number of carbonyl (C=O) groups excluding carboxylic acids is 1. The average Bonchev–Trinajstić information content (AvgIpc) is 3.07. The van der Waals surface area contributed by atoms with Crippen molar-refractivity contribution in [3.8, 4) is 10.8 Å². The van der Waals surface area contributed by atoms with Crippen molar-refractivity contribution in [1.82, 2.24) is 9.88 Å². The molecular weight excluding hydrogens is 286 g/mol. The van der Waals surface area contributed by atoms with Crippen LogP contribution in [0.1, 0.15) is 24.3 Å². The lowest BCUT2D eigenvalue weighted by Gasteiger charge is -2.30. The van der Waals surface area contributed by atoms with Gasteiger partial charge in [-0.2, -0.15) is 0 Å². The Labute approximate surface area is 127 Å². The second kappa shape index (κ2) is 5.99. The van der Waals surface area contributed by atoms with Gasteiger partial charge in [-0.1, -0.05) is 0 Å². The van der Waals surface area contributed by atoms with Crippen molar-refractivity contribution in [3.63, 3.8) is 0 Å². The lowest BCUT2D eigenvalue weighted by Crippen LogP contribution is -2.46. The fourth-order valence-corrected chi connectivity index (χ4v) is 3.33. The highest BCUT2D eigenvalue weighted by Gasteiger charge is 2.22. The average molecular weight is 305 g/mol. The normalized spacial score (nSPS) is 19.0. The molecule has 0 saturated carbocycles. The first-order chi connectivity index (χ1) is 10.1. The number of aromatic nitrogens is 1. The topological polar surface area (TPSA) is 72.4 Å². The van der Waals surface area contributed by atoms with E-state index in [0.29, 0.717) is 13.0 Å². The number of hydrogen-bond donors (Lipinski definition) is 1. The van der Waals surface area contributed by atoms with Gasteiger partial charge in [0.2, 0.25) is 5.91 Å². The van der Waals surface area contributed by atoms with E-state index in [9.17, 15) is 4.79 Å². The maximum atomic E-state index is 12.3. The predicted octanol–water partition coefficient (Wildman–Crippen LogP) is 2.20. The minimum absolute atomic E-state index is 0.109. The van der Waals surface area contributed by atoms with Crippen LogP contribution in [0.4, 0.5) is 0 Å². The van der Waals surface area contributed by atoms with E-state index in [1.54, 1.807) is 0 Å². The van der Waals surface area contributed by atoms with Crippen LogP contribution in [-0.4, -0.2) is 34.9 Å². The maximum Gasteiger partial charge on any atom is 0.228 e. The quantitative estimate of drug-likeness (QED) is 0.943. The van der Waals surface area contributed by atoms with Gasteiger partial charge in [-0.05, 0) is 31.9 Å². The molecule has 1 atom stereocenters. The number of hydrogen-bond acceptors (Lipinski definition) is 5. The molecule has 5 nitrogen and oxygen atoms in total. The number of nitrogens with zero attached hydrogens (tertiary/aromatic N) is 2. The number of piperidine rings is 1. The summed E-state index contributed by atoms with van der Waals surface area (Å²) in [6, 6.07) is 3.93. The van der Waals surface area contributed by atoms with Crippen molar-refractivity contribution in [2.45, 2.75) is 32.2 Å². The summed E-state index contributed by atoms with van der Waals surface area (Å²) >= 11 is 1.50. The molecule has 2 aromatic heterocycles. The van der Waals surface area contributed by atoms with Gasteiger partial charge in [-0.3, -0.25) is 4.79 Å². The van der Waals surface area contributed by atoms with E-state index in [-0.39, 0.29) is 11.9 Å². The van der Waals surface area contributed by atoms with Crippen LogP contribution in [0.2, 0.25) is 0 Å². The molecule has 112 valence electrons. The molecule has 1 aliphatic rings. The highest BCUT2D eigenvalue weighted by molar-refractivity contribution is 7.13. The fourth-order valence-electron chi connectivity index (χ4n) is 2.55. The van der Waals surface area contributed by atoms with Crippen LogP contribution < -0.4 is 5.73 Å². The summed E-state index contributed by atoms with van der Waals surface area (Å²) in [5, 5.41) is 2.75. The SMILES string of the molecule is Cc1ccc(-c2nc(CC(=O)N3CCCC(N)C3)cs2)o1. The van der Waals surface area contributed by atoms with Crippen LogP contribution in [-0.2, 0) is 11.2 Å². The van der Waals surface area contributed by atoms with Gasteiger partial charge in [0.25, 0.3) is 0 Å². The molecule has 1 unspecified atom stereocenters. The third-order valence-electron chi connectivity index (χ3n) is 3.65. The molecule has 0 radical (unpaired) electrons. The number of carbonyl (C=O) groups is 1. The van der Waals surface area contributed by atoms with Crippen molar-refractivity contribution in [1.29, 1.82) is 0 Å². The molecular formula is C15H19N3O2S. The second-order valence-electron chi connectivity index (χ2n) is 5.47. The molecule has 0 spiro atoms. The molecule has 2 N–H and O–H groups in total. The highest BCUT2D eigenvalue weighted by atomic mass is 32.1. The Balaban J connectivity index is 1.65. The number of furan rings is 1. The summed E-state index contributed by atoms with van der Waals surface area (Å²) < 4.78 is 5.55. The molecule has 3 rings (SSSR count). The molecule has 2 aromatic rings. The predicted molar refractivity (Wildman–Crippen MR) is 82.0 cm³/mol. The van der Waals surface area contributed by atoms with Gasteiger partial charge in [-0.25, -0.2) is 4.98 Å². The molecule has 1 aliphatic heterocycles. The second-order valence-corrected chi connectivity index (χ2v) is 6.33. The lowest BCUT2D eigenvalue weighted by atomic mass is 10.1. The van der Waals surface area contributed by atoms with Gasteiger partial charge < -0.3 is 15.1 Å². The van der Waals surface area contributed by atoms with Crippen LogP contribution in [0.15, 0.2) is 21.9 Å². The van der Waals surface area contributed by atoms with Gasteiger partial charge in [0.05, 0.1) is 12.1 Å². The van der Waals surface area contributed by atoms with E-state index < -0.39 is 0 Å². The Morgan fingerprint density at radius 1 is 1.57 bits per heavy atom. The van der Waals surface area contributed by atoms with Crippen molar-refractivity contribution in [3.05, 3.63) is 29.0 Å². The first kappa shape index (κ1) is 14.3. The van der Waals surface area contributed by atoms with E-state index in [0.717, 1.165) is 41.6 Å². The number of rotatable bonds is 3. The third-order valence-corrected chi connectivity index (χ3v) is 4.55. The lowest BCUT2D eigenvalue weighted by molar-refractivity contribution is -0.131. The van der Waals surface area contributed by atoms with E-state index >= 15 is 0 Å². The number of amides is 1. The van der Waals surface area contributed by atoms with Crippen molar-refractivity contribution in [2.24, 2.45) is 5.73 Å². The molecule has 1 fully saturated rings. The zero-order valence-electron chi connectivity index (χ0n) is 12.0. The highest BCUT2D eigenvalue weighted by Crippen LogP contribution is 2.26. The Hall–Kier alpha value is -1.66. The Morgan fingerprint density at radius 3 is 3.14 bits per heavy atom. The maximum absolute atomic E-state index is 12.3. The smallest absolute Gasteiger partial charge is 0.228 e. The number of nitrogens with two attached hydrogens (primary N) is 1. The zero-order chi connectivity index (χ0) is 14.8. The Kier molecular flexibility index (Phi) is 4.07. The summed E-state index contributed by atoms with van der Waals surface area (Å²) in [7, 11) is 0. The first-order valence-corrected chi connectivity index (χ1v) is 8.04. The molecule has 0 aromatic carbocycles. The third kappa shape index (κ3) is 3.33. The van der Waals surface area contributed by atoms with Crippen LogP contribution in [0.5, 0.6) is 0 Å². The number of aryl methyl sites for hydroxylation is 1. The van der Waals surface area contributed by atoms with Crippen LogP contribution in [0.25, 0.3) is 10.8 Å². The summed E-state index contributed by atoms with van der Waals surface area (Å²) in [5.41, 5.74) is 6.72. The number of thiazole rings is 1. The summed E-state index contributed by atoms with van der Waals surface area (Å²) in [4.78, 5) is 18.6. The van der Waals surface area contributed by atoms with Crippen LogP contribution in [0, 0.1) is 6.92 Å². The first-order valence-electron chi connectivity index (χ1n) is 7.16. The van der Waals surface area contributed by atoms with E-state index in [4.69, 9.17) is 10.2 Å². The molecule has 21 heavy (non-hydrogen) atoms. The van der Waals surface area contributed by atoms with Crippen molar-refractivity contribution >= 4 is 17.2 Å². The minimum atomic E-state index is 0.109. The zero-order valence-corrected chi connectivity index (χ0v) is 12.9. The van der Waals surface area contributed by atoms with E-state index in [1.807, 2.05) is 29.3 Å². The summed E-state index contributed by atoms with van der Waals surface area (Å²) in [5.74, 6) is 1.73. The van der Waals surface area contributed by atoms with Gasteiger partial charge in [-0.15, -0.1) is 11.3 Å². The fraction of sp³-hybridized carbons (Fsp3) is 0.467. The summed E-state index contributed by atoms with van der Waals surface area (Å²) in [6.45, 7) is 3.37. The molecule has 6 heteroatoms. The van der Waals surface area contributed by atoms with Gasteiger partial charge in [0.1, 0.15) is 5.76 Å². The van der Waals surface area contributed by atoms with Crippen LogP contribution in [0.3, 0.4) is 0 Å². The summed E-state index contributed by atoms with van der Waals surface area (Å²) in [6.07, 6.45) is 2.33. The van der Waals surface area contributed by atoms with E-state index in [1.165, 1.54) is 11.3 Å². The van der Waals surface area contributed by atoms with Crippen molar-refractivity contribution in [2.75, 3.05) is 13.1 Å². The molecule has 1 saturated heterocycles. The van der Waals surface area contributed by atoms with E-state index in [2.05, 4.69) is 4.98 Å². The van der Waals surface area contributed by atoms with Gasteiger partial charge in [0, 0.05) is 24.5 Å². The number of likely N-dealkylation sites (tertiary alicyclic amines) is 1. The molecule has 3 heterocycles. The van der Waals surface area contributed by atoms with Crippen LogP contribution >= 0.6 is 11.3 Å². The van der Waals surface area contributed by atoms with Gasteiger partial charge in [0.15, 0.2) is 10.8 Å². The Morgan fingerprint density at radius 2 is 2.43 bits per heavy atom. The standard InChI is InChI=1S/C15H19N3O2S/c1-10-4-5-13(20-10)15-17-12(9-21-15)7-14(19)18-6-2-3-11(16)8-18/h4-5,9,11H,2-3,6-8,16H2,1H3. The largest absolute Gasteiger partial charge is 0.459 e. The molecule has 1 amide bonds. The minimum Gasteiger partial charge on any atom is -0.459 e.